The molecule has 4 nitrogen and oxygen atoms in total. The molecule has 0 amide bonds. The van der Waals surface area contributed by atoms with Gasteiger partial charge in [-0.1, -0.05) is 6.07 Å². The van der Waals surface area contributed by atoms with Crippen molar-refractivity contribution in [2.24, 2.45) is 5.73 Å². The quantitative estimate of drug-likeness (QED) is 0.887. The molecule has 2 rings (SSSR count). The van der Waals surface area contributed by atoms with Gasteiger partial charge in [0, 0.05) is 37.5 Å². The number of anilines is 1. The van der Waals surface area contributed by atoms with Gasteiger partial charge >= 0.3 is 0 Å². The Morgan fingerprint density at radius 2 is 2.17 bits per heavy atom. The van der Waals surface area contributed by atoms with Crippen molar-refractivity contribution >= 4 is 5.69 Å². The second-order valence-electron chi connectivity index (χ2n) is 4.77. The lowest BCUT2D eigenvalue weighted by molar-refractivity contribution is 0.121. The molecule has 18 heavy (non-hydrogen) atoms. The summed E-state index contributed by atoms with van der Waals surface area (Å²) in [6.07, 6.45) is 1.38. The summed E-state index contributed by atoms with van der Waals surface area (Å²) in [7, 11) is 3.46. The SMILES string of the molecule is COc1cccc(N2CCC(OC)C2)c1[C@H](C)N. The zero-order chi connectivity index (χ0) is 13.1. The van der Waals surface area contributed by atoms with Crippen molar-refractivity contribution in [2.45, 2.75) is 25.5 Å². The Balaban J connectivity index is 2.32. The van der Waals surface area contributed by atoms with Crippen molar-refractivity contribution < 1.29 is 9.47 Å². The summed E-state index contributed by atoms with van der Waals surface area (Å²) in [4.78, 5) is 2.33. The van der Waals surface area contributed by atoms with E-state index in [1.165, 1.54) is 5.69 Å². The molecule has 4 heteroatoms. The number of hydrogen-bond acceptors (Lipinski definition) is 4. The average Bonchev–Trinajstić information content (AvgIpc) is 2.86. The van der Waals surface area contributed by atoms with E-state index in [1.54, 1.807) is 14.2 Å². The average molecular weight is 250 g/mol. The van der Waals surface area contributed by atoms with Crippen LogP contribution in [0.25, 0.3) is 0 Å². The summed E-state index contributed by atoms with van der Waals surface area (Å²) in [6, 6.07) is 6.05. The van der Waals surface area contributed by atoms with Gasteiger partial charge in [-0.25, -0.2) is 0 Å². The topological polar surface area (TPSA) is 47.7 Å². The van der Waals surface area contributed by atoms with Gasteiger partial charge in [-0.3, -0.25) is 0 Å². The number of rotatable bonds is 4. The first-order valence-corrected chi connectivity index (χ1v) is 6.37. The molecule has 2 N–H and O–H groups in total. The summed E-state index contributed by atoms with van der Waals surface area (Å²) in [5.41, 5.74) is 8.34. The Kier molecular flexibility index (Phi) is 4.09. The third kappa shape index (κ3) is 2.44. The van der Waals surface area contributed by atoms with E-state index in [0.29, 0.717) is 6.10 Å². The van der Waals surface area contributed by atoms with Crippen LogP contribution in [0, 0.1) is 0 Å². The van der Waals surface area contributed by atoms with Gasteiger partial charge in [-0.15, -0.1) is 0 Å². The monoisotopic (exact) mass is 250 g/mol. The van der Waals surface area contributed by atoms with Gasteiger partial charge in [0.1, 0.15) is 5.75 Å². The molecule has 1 heterocycles. The molecule has 0 saturated carbocycles. The van der Waals surface area contributed by atoms with Crippen LogP contribution in [-0.4, -0.2) is 33.4 Å². The molecule has 0 bridgehead atoms. The molecule has 1 aliphatic heterocycles. The highest BCUT2D eigenvalue weighted by Gasteiger charge is 2.25. The Morgan fingerprint density at radius 3 is 2.72 bits per heavy atom. The largest absolute Gasteiger partial charge is 0.496 e. The molecule has 0 aliphatic carbocycles. The first kappa shape index (κ1) is 13.2. The minimum absolute atomic E-state index is 0.0438. The predicted octanol–water partition coefficient (Wildman–Crippen LogP) is 1.94. The molecular weight excluding hydrogens is 228 g/mol. The first-order chi connectivity index (χ1) is 8.67. The highest BCUT2D eigenvalue weighted by molar-refractivity contribution is 5.61. The Morgan fingerprint density at radius 1 is 1.39 bits per heavy atom. The lowest BCUT2D eigenvalue weighted by Crippen LogP contribution is -2.24. The maximum Gasteiger partial charge on any atom is 0.125 e. The van der Waals surface area contributed by atoms with Crippen LogP contribution in [0.3, 0.4) is 0 Å². The van der Waals surface area contributed by atoms with Gasteiger partial charge in [0.25, 0.3) is 0 Å². The van der Waals surface area contributed by atoms with Crippen LogP contribution in [0.1, 0.15) is 24.9 Å². The molecule has 1 saturated heterocycles. The van der Waals surface area contributed by atoms with Crippen LogP contribution >= 0.6 is 0 Å². The van der Waals surface area contributed by atoms with Gasteiger partial charge < -0.3 is 20.1 Å². The summed E-state index contributed by atoms with van der Waals surface area (Å²) in [5.74, 6) is 0.864. The molecule has 0 spiro atoms. The maximum atomic E-state index is 6.09. The van der Waals surface area contributed by atoms with E-state index >= 15 is 0 Å². The van der Waals surface area contributed by atoms with E-state index in [4.69, 9.17) is 15.2 Å². The molecule has 1 aromatic carbocycles. The van der Waals surface area contributed by atoms with Crippen LogP contribution in [0.5, 0.6) is 5.75 Å². The van der Waals surface area contributed by atoms with Crippen molar-refractivity contribution in [3.05, 3.63) is 23.8 Å². The number of nitrogens with zero attached hydrogens (tertiary/aromatic N) is 1. The van der Waals surface area contributed by atoms with E-state index in [-0.39, 0.29) is 6.04 Å². The molecule has 100 valence electrons. The lowest BCUT2D eigenvalue weighted by Gasteiger charge is -2.25. The normalized spacial score (nSPS) is 21.1. The second kappa shape index (κ2) is 5.59. The molecule has 1 unspecified atom stereocenters. The van der Waals surface area contributed by atoms with Gasteiger partial charge in [-0.2, -0.15) is 0 Å². The number of ether oxygens (including phenoxy) is 2. The number of methoxy groups -OCH3 is 2. The molecule has 2 atom stereocenters. The van der Waals surface area contributed by atoms with Gasteiger partial charge in [-0.05, 0) is 25.5 Å². The van der Waals surface area contributed by atoms with Crippen molar-refractivity contribution in [1.82, 2.24) is 0 Å². The minimum atomic E-state index is -0.0438. The first-order valence-electron chi connectivity index (χ1n) is 6.37. The van der Waals surface area contributed by atoms with Crippen molar-refractivity contribution in [3.63, 3.8) is 0 Å². The Hall–Kier alpha value is -1.26. The van der Waals surface area contributed by atoms with Crippen LogP contribution in [-0.2, 0) is 4.74 Å². The summed E-state index contributed by atoms with van der Waals surface area (Å²) >= 11 is 0. The van der Waals surface area contributed by atoms with E-state index in [2.05, 4.69) is 11.0 Å². The van der Waals surface area contributed by atoms with E-state index in [9.17, 15) is 0 Å². The standard InChI is InChI=1S/C14H22N2O2/c1-10(15)14-12(5-4-6-13(14)18-3)16-8-7-11(9-16)17-2/h4-6,10-11H,7-9,15H2,1-3H3/t10-,11?/m0/s1. The van der Waals surface area contributed by atoms with Crippen LogP contribution in [0.15, 0.2) is 18.2 Å². The molecule has 1 aromatic rings. The number of benzene rings is 1. The fraction of sp³-hybridized carbons (Fsp3) is 0.571. The maximum absolute atomic E-state index is 6.09. The van der Waals surface area contributed by atoms with Crippen molar-refractivity contribution in [1.29, 1.82) is 0 Å². The molecule has 0 aromatic heterocycles. The highest BCUT2D eigenvalue weighted by atomic mass is 16.5. The summed E-state index contributed by atoms with van der Waals surface area (Å²) < 4.78 is 10.8. The fourth-order valence-corrected chi connectivity index (χ4v) is 2.58. The van der Waals surface area contributed by atoms with Crippen LogP contribution < -0.4 is 15.4 Å². The van der Waals surface area contributed by atoms with Crippen molar-refractivity contribution in [3.8, 4) is 5.75 Å². The molecule has 0 radical (unpaired) electrons. The van der Waals surface area contributed by atoms with E-state index < -0.39 is 0 Å². The van der Waals surface area contributed by atoms with Gasteiger partial charge in [0.2, 0.25) is 0 Å². The number of hydrogen-bond donors (Lipinski definition) is 1. The van der Waals surface area contributed by atoms with E-state index in [0.717, 1.165) is 30.8 Å². The summed E-state index contributed by atoms with van der Waals surface area (Å²) in [5, 5.41) is 0. The number of nitrogens with two attached hydrogens (primary N) is 1. The molecule has 1 fully saturated rings. The van der Waals surface area contributed by atoms with Crippen LogP contribution in [0.2, 0.25) is 0 Å². The third-order valence-electron chi connectivity index (χ3n) is 3.54. The Labute approximate surface area is 109 Å². The van der Waals surface area contributed by atoms with Crippen molar-refractivity contribution in [2.75, 3.05) is 32.2 Å². The zero-order valence-corrected chi connectivity index (χ0v) is 11.3. The van der Waals surface area contributed by atoms with Gasteiger partial charge in [0.15, 0.2) is 0 Å². The third-order valence-corrected chi connectivity index (χ3v) is 3.54. The fourth-order valence-electron chi connectivity index (χ4n) is 2.58. The smallest absolute Gasteiger partial charge is 0.125 e. The Bertz CT molecular complexity index is 407. The highest BCUT2D eigenvalue weighted by Crippen LogP contribution is 2.35. The summed E-state index contributed by atoms with van der Waals surface area (Å²) in [6.45, 7) is 3.92. The molecular formula is C14H22N2O2. The minimum Gasteiger partial charge on any atom is -0.496 e. The van der Waals surface area contributed by atoms with Gasteiger partial charge in [0.05, 0.1) is 13.2 Å². The second-order valence-corrected chi connectivity index (χ2v) is 4.77. The predicted molar refractivity (Wildman–Crippen MR) is 73.2 cm³/mol. The van der Waals surface area contributed by atoms with Crippen LogP contribution in [0.4, 0.5) is 5.69 Å². The van der Waals surface area contributed by atoms with E-state index in [1.807, 2.05) is 19.1 Å². The molecule has 1 aliphatic rings. The zero-order valence-electron chi connectivity index (χ0n) is 11.3. The lowest BCUT2D eigenvalue weighted by atomic mass is 10.0.